The maximum Gasteiger partial charge on any atom is 0.242 e. The molecule has 1 N–H and O–H groups in total. The van der Waals surface area contributed by atoms with Gasteiger partial charge in [0.25, 0.3) is 0 Å². The first kappa shape index (κ1) is 20.3. The van der Waals surface area contributed by atoms with Crippen molar-refractivity contribution in [3.8, 4) is 0 Å². The molecular formula is C22H31N5OS. The summed E-state index contributed by atoms with van der Waals surface area (Å²) in [6, 6.07) is 8.38. The highest BCUT2D eigenvalue weighted by Gasteiger charge is 2.32. The number of anilines is 1. The fourth-order valence-electron chi connectivity index (χ4n) is 4.23. The van der Waals surface area contributed by atoms with Gasteiger partial charge in [0.05, 0.1) is 0 Å². The molecule has 29 heavy (non-hydrogen) atoms. The van der Waals surface area contributed by atoms with E-state index >= 15 is 0 Å². The summed E-state index contributed by atoms with van der Waals surface area (Å²) in [5.41, 5.74) is 2.47. The minimum absolute atomic E-state index is 0.114. The van der Waals surface area contributed by atoms with Crippen LogP contribution in [0.3, 0.4) is 0 Å². The van der Waals surface area contributed by atoms with E-state index in [2.05, 4.69) is 50.7 Å². The first-order valence-corrected chi connectivity index (χ1v) is 11.6. The number of hydrogen-bond acceptors (Lipinski definition) is 6. The van der Waals surface area contributed by atoms with Crippen LogP contribution in [0.25, 0.3) is 0 Å². The van der Waals surface area contributed by atoms with Crippen LogP contribution in [0, 0.1) is 6.92 Å². The zero-order chi connectivity index (χ0) is 20.1. The molecule has 1 atom stereocenters. The predicted molar refractivity (Wildman–Crippen MR) is 118 cm³/mol. The van der Waals surface area contributed by atoms with Gasteiger partial charge in [-0.05, 0) is 51.3 Å². The van der Waals surface area contributed by atoms with Gasteiger partial charge in [-0.15, -0.1) is 0 Å². The number of benzene rings is 1. The molecule has 2 saturated heterocycles. The smallest absolute Gasteiger partial charge is 0.242 e. The Morgan fingerprint density at radius 1 is 1.14 bits per heavy atom. The summed E-state index contributed by atoms with van der Waals surface area (Å²) in [6.45, 7) is 6.99. The molecular weight excluding hydrogens is 382 g/mol. The number of aromatic nitrogens is 2. The van der Waals surface area contributed by atoms with E-state index in [1.165, 1.54) is 55.0 Å². The largest absolute Gasteiger partial charge is 0.353 e. The van der Waals surface area contributed by atoms with Gasteiger partial charge < -0.3 is 15.1 Å². The minimum Gasteiger partial charge on any atom is -0.353 e. The number of aryl methyl sites for hydroxylation is 1. The van der Waals surface area contributed by atoms with E-state index in [4.69, 9.17) is 4.98 Å². The maximum atomic E-state index is 12.8. The molecule has 3 heterocycles. The summed E-state index contributed by atoms with van der Waals surface area (Å²) < 4.78 is 4.55. The van der Waals surface area contributed by atoms with Crippen LogP contribution in [-0.4, -0.2) is 58.9 Å². The normalized spacial score (nSPS) is 20.2. The van der Waals surface area contributed by atoms with Crippen molar-refractivity contribution in [3.63, 3.8) is 0 Å². The Hall–Kier alpha value is -1.99. The van der Waals surface area contributed by atoms with E-state index in [0.29, 0.717) is 0 Å². The Balaban J connectivity index is 1.31. The molecule has 1 amide bonds. The molecule has 7 heteroatoms. The van der Waals surface area contributed by atoms with E-state index < -0.39 is 0 Å². The van der Waals surface area contributed by atoms with E-state index in [-0.39, 0.29) is 11.9 Å². The maximum absolute atomic E-state index is 12.8. The highest BCUT2D eigenvalue weighted by molar-refractivity contribution is 7.09. The predicted octanol–water partition coefficient (Wildman–Crippen LogP) is 3.01. The van der Waals surface area contributed by atoms with Crippen molar-refractivity contribution in [3.05, 3.63) is 41.2 Å². The topological polar surface area (TPSA) is 61.4 Å². The molecule has 2 aliphatic rings. The number of carbonyl (C=O) groups excluding carboxylic acids is 1. The van der Waals surface area contributed by atoms with Gasteiger partial charge in [-0.3, -0.25) is 4.79 Å². The number of amides is 1. The fourth-order valence-corrected chi connectivity index (χ4v) is 4.99. The van der Waals surface area contributed by atoms with Crippen LogP contribution < -0.4 is 10.2 Å². The number of likely N-dealkylation sites (tertiary alicyclic amines) is 1. The van der Waals surface area contributed by atoms with Crippen molar-refractivity contribution >= 4 is 22.6 Å². The standard InChI is InChI=1S/C22H31N5OS/c1-17-7-9-18(10-8-17)16-20-24-22(29-25-20)27-14-5-6-19(27)21(28)23-11-15-26-12-3-2-4-13-26/h7-10,19H,2-6,11-16H2,1H3,(H,23,28). The van der Waals surface area contributed by atoms with Gasteiger partial charge in [0.2, 0.25) is 11.0 Å². The lowest BCUT2D eigenvalue weighted by Crippen LogP contribution is -2.46. The van der Waals surface area contributed by atoms with Crippen LogP contribution in [0.2, 0.25) is 0 Å². The van der Waals surface area contributed by atoms with Gasteiger partial charge in [-0.2, -0.15) is 4.37 Å². The number of rotatable bonds is 7. The first-order valence-electron chi connectivity index (χ1n) is 10.8. The van der Waals surface area contributed by atoms with Crippen molar-refractivity contribution in [2.24, 2.45) is 0 Å². The number of piperidine rings is 1. The van der Waals surface area contributed by atoms with Gasteiger partial charge in [0.1, 0.15) is 11.9 Å². The molecule has 0 bridgehead atoms. The molecule has 1 unspecified atom stereocenters. The van der Waals surface area contributed by atoms with Crippen molar-refractivity contribution < 1.29 is 4.79 Å². The van der Waals surface area contributed by atoms with Gasteiger partial charge in [-0.25, -0.2) is 4.98 Å². The van der Waals surface area contributed by atoms with Crippen LogP contribution in [0.1, 0.15) is 49.1 Å². The van der Waals surface area contributed by atoms with Crippen molar-refractivity contribution in [2.45, 2.75) is 51.5 Å². The fraction of sp³-hybridized carbons (Fsp3) is 0.591. The summed E-state index contributed by atoms with van der Waals surface area (Å²) in [6.07, 6.45) is 6.56. The second-order valence-electron chi connectivity index (χ2n) is 8.20. The summed E-state index contributed by atoms with van der Waals surface area (Å²) in [5, 5.41) is 4.03. The zero-order valence-electron chi connectivity index (χ0n) is 17.3. The molecule has 156 valence electrons. The molecule has 1 aromatic carbocycles. The van der Waals surface area contributed by atoms with Crippen LogP contribution in [0.5, 0.6) is 0 Å². The van der Waals surface area contributed by atoms with Crippen LogP contribution in [-0.2, 0) is 11.2 Å². The SMILES string of the molecule is Cc1ccc(Cc2nsc(N3CCCC3C(=O)NCCN3CCCCC3)n2)cc1. The lowest BCUT2D eigenvalue weighted by molar-refractivity contribution is -0.122. The van der Waals surface area contributed by atoms with E-state index in [0.717, 1.165) is 49.9 Å². The number of nitrogens with one attached hydrogen (secondary N) is 1. The molecule has 0 aliphatic carbocycles. The second-order valence-corrected chi connectivity index (χ2v) is 8.93. The molecule has 4 rings (SSSR count). The van der Waals surface area contributed by atoms with E-state index in [1.54, 1.807) is 0 Å². The third kappa shape index (κ3) is 5.34. The average molecular weight is 414 g/mol. The minimum atomic E-state index is -0.114. The lowest BCUT2D eigenvalue weighted by Gasteiger charge is -2.27. The quantitative estimate of drug-likeness (QED) is 0.756. The highest BCUT2D eigenvalue weighted by Crippen LogP contribution is 2.27. The molecule has 0 saturated carbocycles. The van der Waals surface area contributed by atoms with E-state index in [1.807, 2.05) is 0 Å². The third-order valence-electron chi connectivity index (χ3n) is 5.92. The van der Waals surface area contributed by atoms with Crippen LogP contribution >= 0.6 is 11.5 Å². The molecule has 6 nitrogen and oxygen atoms in total. The second kappa shape index (κ2) is 9.67. The van der Waals surface area contributed by atoms with Crippen molar-refractivity contribution in [1.82, 2.24) is 19.6 Å². The Morgan fingerprint density at radius 2 is 1.93 bits per heavy atom. The number of carbonyl (C=O) groups is 1. The Labute approximate surface area is 177 Å². The number of hydrogen-bond donors (Lipinski definition) is 1. The molecule has 2 aliphatic heterocycles. The van der Waals surface area contributed by atoms with Gasteiger partial charge in [0, 0.05) is 37.6 Å². The summed E-state index contributed by atoms with van der Waals surface area (Å²) >= 11 is 1.41. The van der Waals surface area contributed by atoms with Crippen molar-refractivity contribution in [1.29, 1.82) is 0 Å². The van der Waals surface area contributed by atoms with Crippen LogP contribution in [0.4, 0.5) is 5.13 Å². The van der Waals surface area contributed by atoms with Gasteiger partial charge >= 0.3 is 0 Å². The highest BCUT2D eigenvalue weighted by atomic mass is 32.1. The Bertz CT molecular complexity index is 800. The summed E-state index contributed by atoms with van der Waals surface area (Å²) in [4.78, 5) is 22.1. The van der Waals surface area contributed by atoms with Gasteiger partial charge in [-0.1, -0.05) is 36.2 Å². The Kier molecular flexibility index (Phi) is 6.77. The number of nitrogens with zero attached hydrogens (tertiary/aromatic N) is 4. The molecule has 0 radical (unpaired) electrons. The Morgan fingerprint density at radius 3 is 2.72 bits per heavy atom. The van der Waals surface area contributed by atoms with Crippen LogP contribution in [0.15, 0.2) is 24.3 Å². The molecule has 1 aromatic heterocycles. The lowest BCUT2D eigenvalue weighted by atomic mass is 10.1. The first-order chi connectivity index (χ1) is 14.2. The monoisotopic (exact) mass is 413 g/mol. The zero-order valence-corrected chi connectivity index (χ0v) is 18.1. The van der Waals surface area contributed by atoms with Gasteiger partial charge in [0.15, 0.2) is 0 Å². The molecule has 2 aromatic rings. The molecule has 0 spiro atoms. The average Bonchev–Trinajstić information content (AvgIpc) is 3.40. The summed E-state index contributed by atoms with van der Waals surface area (Å²) in [5.74, 6) is 0.972. The third-order valence-corrected chi connectivity index (χ3v) is 6.71. The van der Waals surface area contributed by atoms with E-state index in [9.17, 15) is 4.79 Å². The summed E-state index contributed by atoms with van der Waals surface area (Å²) in [7, 11) is 0. The molecule has 2 fully saturated rings. The van der Waals surface area contributed by atoms with Crippen molar-refractivity contribution in [2.75, 3.05) is 37.6 Å².